The van der Waals surface area contributed by atoms with Crippen molar-refractivity contribution in [3.8, 4) is 0 Å². The van der Waals surface area contributed by atoms with E-state index in [2.05, 4.69) is 11.8 Å². The predicted molar refractivity (Wildman–Crippen MR) is 55.6 cm³/mol. The van der Waals surface area contributed by atoms with Gasteiger partial charge in [-0.2, -0.15) is 0 Å². The Hall–Kier alpha value is -0.0800. The summed E-state index contributed by atoms with van der Waals surface area (Å²) < 4.78 is 0. The fourth-order valence-electron chi connectivity index (χ4n) is 2.93. The third-order valence-electron chi connectivity index (χ3n) is 3.90. The molecular formula is C11H22N2. The summed E-state index contributed by atoms with van der Waals surface area (Å²) in [5, 5.41) is 0. The zero-order valence-corrected chi connectivity index (χ0v) is 8.76. The summed E-state index contributed by atoms with van der Waals surface area (Å²) >= 11 is 0. The number of hydrogen-bond donors (Lipinski definition) is 1. The van der Waals surface area contributed by atoms with Crippen LogP contribution in [0.25, 0.3) is 0 Å². The SMILES string of the molecule is CC1CCC2(CC1)CN(CCN)C2. The van der Waals surface area contributed by atoms with E-state index in [1.54, 1.807) is 0 Å². The van der Waals surface area contributed by atoms with Crippen LogP contribution in [0.4, 0.5) is 0 Å². The van der Waals surface area contributed by atoms with Gasteiger partial charge in [0.25, 0.3) is 0 Å². The van der Waals surface area contributed by atoms with Gasteiger partial charge in [-0.25, -0.2) is 0 Å². The van der Waals surface area contributed by atoms with Gasteiger partial charge < -0.3 is 10.6 Å². The third-order valence-corrected chi connectivity index (χ3v) is 3.90. The summed E-state index contributed by atoms with van der Waals surface area (Å²) in [7, 11) is 0. The molecule has 0 aromatic carbocycles. The molecular weight excluding hydrogens is 160 g/mol. The van der Waals surface area contributed by atoms with E-state index in [0.717, 1.165) is 24.4 Å². The standard InChI is InChI=1S/C11H22N2/c1-10-2-4-11(5-3-10)8-13(9-11)7-6-12/h10H,2-9,12H2,1H3. The molecule has 1 spiro atoms. The fraction of sp³-hybridized carbons (Fsp3) is 1.00. The molecule has 2 aliphatic rings. The molecule has 0 atom stereocenters. The molecule has 76 valence electrons. The molecule has 0 bridgehead atoms. The van der Waals surface area contributed by atoms with Crippen molar-refractivity contribution in [1.29, 1.82) is 0 Å². The Balaban J connectivity index is 1.76. The Labute approximate surface area is 81.5 Å². The molecule has 0 amide bonds. The van der Waals surface area contributed by atoms with E-state index in [4.69, 9.17) is 5.73 Å². The molecule has 1 heterocycles. The van der Waals surface area contributed by atoms with Gasteiger partial charge in [-0.05, 0) is 24.2 Å². The Kier molecular flexibility index (Phi) is 2.61. The molecule has 0 aromatic heterocycles. The maximum Gasteiger partial charge on any atom is 0.0105 e. The van der Waals surface area contributed by atoms with Gasteiger partial charge in [0.1, 0.15) is 0 Å². The average Bonchev–Trinajstić information content (AvgIpc) is 2.07. The van der Waals surface area contributed by atoms with Crippen LogP contribution in [-0.4, -0.2) is 31.1 Å². The molecule has 1 saturated carbocycles. The Morgan fingerprint density at radius 1 is 1.31 bits per heavy atom. The molecule has 2 rings (SSSR count). The van der Waals surface area contributed by atoms with Crippen LogP contribution in [0.2, 0.25) is 0 Å². The first-order chi connectivity index (χ1) is 6.24. The van der Waals surface area contributed by atoms with Crippen LogP contribution < -0.4 is 5.73 Å². The number of rotatable bonds is 2. The monoisotopic (exact) mass is 182 g/mol. The van der Waals surface area contributed by atoms with Crippen LogP contribution in [0.3, 0.4) is 0 Å². The molecule has 0 unspecified atom stereocenters. The molecule has 1 aliphatic carbocycles. The van der Waals surface area contributed by atoms with Gasteiger partial charge in [-0.3, -0.25) is 0 Å². The first-order valence-corrected chi connectivity index (χ1v) is 5.66. The highest BCUT2D eigenvalue weighted by Crippen LogP contribution is 2.45. The summed E-state index contributed by atoms with van der Waals surface area (Å²) in [6.07, 6.45) is 5.84. The van der Waals surface area contributed by atoms with Gasteiger partial charge in [0.15, 0.2) is 0 Å². The summed E-state index contributed by atoms with van der Waals surface area (Å²) in [6, 6.07) is 0. The average molecular weight is 182 g/mol. The second kappa shape index (κ2) is 3.58. The van der Waals surface area contributed by atoms with Gasteiger partial charge in [-0.15, -0.1) is 0 Å². The second-order valence-electron chi connectivity index (χ2n) is 5.18. The minimum Gasteiger partial charge on any atom is -0.329 e. The van der Waals surface area contributed by atoms with Crippen molar-refractivity contribution >= 4 is 0 Å². The number of hydrogen-bond acceptors (Lipinski definition) is 2. The minimum absolute atomic E-state index is 0.724. The summed E-state index contributed by atoms with van der Waals surface area (Å²) in [6.45, 7) is 6.99. The molecule has 0 radical (unpaired) electrons. The summed E-state index contributed by atoms with van der Waals surface area (Å²) in [5.74, 6) is 0.981. The van der Waals surface area contributed by atoms with Crippen LogP contribution in [0.5, 0.6) is 0 Å². The largest absolute Gasteiger partial charge is 0.329 e. The lowest BCUT2D eigenvalue weighted by atomic mass is 9.66. The van der Waals surface area contributed by atoms with E-state index >= 15 is 0 Å². The lowest BCUT2D eigenvalue weighted by molar-refractivity contribution is -0.0341. The smallest absolute Gasteiger partial charge is 0.0105 e. The van der Waals surface area contributed by atoms with Crippen LogP contribution in [0, 0.1) is 11.3 Å². The van der Waals surface area contributed by atoms with E-state index in [1.807, 2.05) is 0 Å². The maximum atomic E-state index is 5.54. The number of likely N-dealkylation sites (tertiary alicyclic amines) is 1. The van der Waals surface area contributed by atoms with Crippen LogP contribution >= 0.6 is 0 Å². The summed E-state index contributed by atoms with van der Waals surface area (Å²) in [4.78, 5) is 2.51. The van der Waals surface area contributed by atoms with Crippen molar-refractivity contribution in [2.24, 2.45) is 17.1 Å². The van der Waals surface area contributed by atoms with Crippen molar-refractivity contribution in [2.75, 3.05) is 26.2 Å². The van der Waals surface area contributed by atoms with Gasteiger partial charge in [-0.1, -0.05) is 19.8 Å². The molecule has 2 N–H and O–H groups in total. The van der Waals surface area contributed by atoms with Crippen molar-refractivity contribution < 1.29 is 0 Å². The first-order valence-electron chi connectivity index (χ1n) is 5.66. The highest BCUT2D eigenvalue weighted by Gasteiger charge is 2.43. The van der Waals surface area contributed by atoms with Crippen molar-refractivity contribution in [3.63, 3.8) is 0 Å². The normalized spacial score (nSPS) is 29.1. The molecule has 2 heteroatoms. The topological polar surface area (TPSA) is 29.3 Å². The number of nitrogens with two attached hydrogens (primary N) is 1. The fourth-order valence-corrected chi connectivity index (χ4v) is 2.93. The Bertz CT molecular complexity index is 163. The van der Waals surface area contributed by atoms with Gasteiger partial charge in [0, 0.05) is 26.2 Å². The van der Waals surface area contributed by atoms with E-state index in [9.17, 15) is 0 Å². The lowest BCUT2D eigenvalue weighted by Crippen LogP contribution is -2.58. The minimum atomic E-state index is 0.724. The van der Waals surface area contributed by atoms with Gasteiger partial charge in [0.2, 0.25) is 0 Å². The van der Waals surface area contributed by atoms with E-state index in [-0.39, 0.29) is 0 Å². The third kappa shape index (κ3) is 1.89. The van der Waals surface area contributed by atoms with E-state index in [0.29, 0.717) is 0 Å². The maximum absolute atomic E-state index is 5.54. The molecule has 1 aliphatic heterocycles. The van der Waals surface area contributed by atoms with Crippen LogP contribution in [0.15, 0.2) is 0 Å². The molecule has 0 aromatic rings. The van der Waals surface area contributed by atoms with Crippen LogP contribution in [-0.2, 0) is 0 Å². The van der Waals surface area contributed by atoms with E-state index in [1.165, 1.54) is 38.8 Å². The zero-order valence-electron chi connectivity index (χ0n) is 8.76. The molecule has 13 heavy (non-hydrogen) atoms. The Morgan fingerprint density at radius 2 is 1.92 bits per heavy atom. The van der Waals surface area contributed by atoms with Gasteiger partial charge in [0.05, 0.1) is 0 Å². The Morgan fingerprint density at radius 3 is 2.46 bits per heavy atom. The summed E-state index contributed by atoms with van der Waals surface area (Å²) in [5.41, 5.74) is 6.26. The van der Waals surface area contributed by atoms with E-state index < -0.39 is 0 Å². The van der Waals surface area contributed by atoms with Crippen molar-refractivity contribution in [3.05, 3.63) is 0 Å². The van der Waals surface area contributed by atoms with Crippen LogP contribution in [0.1, 0.15) is 32.6 Å². The molecule has 1 saturated heterocycles. The van der Waals surface area contributed by atoms with Gasteiger partial charge >= 0.3 is 0 Å². The second-order valence-corrected chi connectivity index (χ2v) is 5.18. The van der Waals surface area contributed by atoms with Crippen molar-refractivity contribution in [1.82, 2.24) is 4.90 Å². The highest BCUT2D eigenvalue weighted by atomic mass is 15.2. The predicted octanol–water partition coefficient (Wildman–Crippen LogP) is 1.46. The quantitative estimate of drug-likeness (QED) is 0.700. The zero-order chi connectivity index (χ0) is 9.31. The molecule has 2 nitrogen and oxygen atoms in total. The van der Waals surface area contributed by atoms with Crippen molar-refractivity contribution in [2.45, 2.75) is 32.6 Å². The lowest BCUT2D eigenvalue weighted by Gasteiger charge is -2.53. The number of nitrogens with zero attached hydrogens (tertiary/aromatic N) is 1. The first kappa shape index (κ1) is 9.47. The highest BCUT2D eigenvalue weighted by molar-refractivity contribution is 4.97. The molecule has 2 fully saturated rings.